The van der Waals surface area contributed by atoms with Gasteiger partial charge in [0.15, 0.2) is 0 Å². The second-order valence-electron chi connectivity index (χ2n) is 4.28. The molecule has 1 unspecified atom stereocenters. The Morgan fingerprint density at radius 1 is 1.38 bits per heavy atom. The zero-order valence-electron chi connectivity index (χ0n) is 8.92. The van der Waals surface area contributed by atoms with Gasteiger partial charge in [0.25, 0.3) is 0 Å². The Labute approximate surface area is 106 Å². The molecule has 0 aliphatic heterocycles. The van der Waals surface area contributed by atoms with Gasteiger partial charge in [0, 0.05) is 29.1 Å². The van der Waals surface area contributed by atoms with Crippen molar-refractivity contribution in [2.45, 2.75) is 31.4 Å². The number of benzene rings is 1. The lowest BCUT2D eigenvalue weighted by Crippen LogP contribution is -2.29. The Kier molecular flexibility index (Phi) is 4.09. The Bertz CT molecular complexity index is 366. The van der Waals surface area contributed by atoms with E-state index in [1.54, 1.807) is 12.1 Å². The summed E-state index contributed by atoms with van der Waals surface area (Å²) in [6, 6.07) is 5.99. The van der Waals surface area contributed by atoms with Crippen LogP contribution in [0, 0.1) is 0 Å². The van der Waals surface area contributed by atoms with Gasteiger partial charge in [-0.25, -0.2) is 0 Å². The molecule has 1 saturated carbocycles. The standard InChI is InChI=1S/C12H15Cl2NO/c13-9-2-1-8(12(14)6-9)5-11(16)7-15-10-3-4-10/h1-2,6,10-11,15-16H,3-5,7H2. The van der Waals surface area contributed by atoms with E-state index in [2.05, 4.69) is 5.32 Å². The van der Waals surface area contributed by atoms with E-state index >= 15 is 0 Å². The summed E-state index contributed by atoms with van der Waals surface area (Å²) in [6.45, 7) is 0.629. The highest BCUT2D eigenvalue weighted by atomic mass is 35.5. The molecular weight excluding hydrogens is 245 g/mol. The summed E-state index contributed by atoms with van der Waals surface area (Å²) in [4.78, 5) is 0. The van der Waals surface area contributed by atoms with Gasteiger partial charge in [-0.1, -0.05) is 29.3 Å². The van der Waals surface area contributed by atoms with Crippen LogP contribution < -0.4 is 5.32 Å². The largest absolute Gasteiger partial charge is 0.391 e. The highest BCUT2D eigenvalue weighted by Crippen LogP contribution is 2.22. The Balaban J connectivity index is 1.86. The minimum Gasteiger partial charge on any atom is -0.391 e. The third kappa shape index (κ3) is 3.63. The van der Waals surface area contributed by atoms with Crippen LogP contribution in [0.2, 0.25) is 10.0 Å². The number of nitrogens with one attached hydrogen (secondary N) is 1. The Morgan fingerprint density at radius 2 is 2.12 bits per heavy atom. The fraction of sp³-hybridized carbons (Fsp3) is 0.500. The molecule has 1 aromatic rings. The molecule has 0 radical (unpaired) electrons. The highest BCUT2D eigenvalue weighted by molar-refractivity contribution is 6.35. The molecule has 0 saturated heterocycles. The minimum absolute atomic E-state index is 0.390. The number of aliphatic hydroxyl groups excluding tert-OH is 1. The molecule has 1 fully saturated rings. The lowest BCUT2D eigenvalue weighted by atomic mass is 10.1. The zero-order chi connectivity index (χ0) is 11.5. The summed E-state index contributed by atoms with van der Waals surface area (Å²) in [5.74, 6) is 0. The quantitative estimate of drug-likeness (QED) is 0.853. The molecule has 0 aromatic heterocycles. The van der Waals surface area contributed by atoms with E-state index in [-0.39, 0.29) is 6.10 Å². The van der Waals surface area contributed by atoms with Crippen LogP contribution in [0.3, 0.4) is 0 Å². The first-order chi connectivity index (χ1) is 7.65. The third-order valence-electron chi connectivity index (χ3n) is 2.69. The number of rotatable bonds is 5. The summed E-state index contributed by atoms with van der Waals surface area (Å²) < 4.78 is 0. The Hall–Kier alpha value is -0.280. The molecule has 2 nitrogen and oxygen atoms in total. The van der Waals surface area contributed by atoms with Crippen LogP contribution >= 0.6 is 23.2 Å². The van der Waals surface area contributed by atoms with Gasteiger partial charge in [-0.2, -0.15) is 0 Å². The lowest BCUT2D eigenvalue weighted by Gasteiger charge is -2.12. The van der Waals surface area contributed by atoms with Gasteiger partial charge in [-0.3, -0.25) is 0 Å². The summed E-state index contributed by atoms with van der Waals surface area (Å²) in [5, 5.41) is 14.4. The second kappa shape index (κ2) is 5.37. The van der Waals surface area contributed by atoms with Crippen molar-refractivity contribution in [1.29, 1.82) is 0 Å². The molecule has 0 bridgehead atoms. The highest BCUT2D eigenvalue weighted by Gasteiger charge is 2.21. The van der Waals surface area contributed by atoms with Gasteiger partial charge in [-0.05, 0) is 30.5 Å². The van der Waals surface area contributed by atoms with E-state index in [1.807, 2.05) is 6.07 Å². The van der Waals surface area contributed by atoms with Gasteiger partial charge >= 0.3 is 0 Å². The molecule has 0 amide bonds. The van der Waals surface area contributed by atoms with Gasteiger partial charge in [0.1, 0.15) is 0 Å². The average molecular weight is 260 g/mol. The van der Waals surface area contributed by atoms with Crippen LogP contribution in [-0.4, -0.2) is 23.8 Å². The first kappa shape index (κ1) is 12.2. The van der Waals surface area contributed by atoms with Crippen molar-refractivity contribution in [1.82, 2.24) is 5.32 Å². The fourth-order valence-corrected chi connectivity index (χ4v) is 2.09. The molecular formula is C12H15Cl2NO. The van der Waals surface area contributed by atoms with E-state index < -0.39 is 0 Å². The molecule has 88 valence electrons. The van der Waals surface area contributed by atoms with Crippen LogP contribution in [0.1, 0.15) is 18.4 Å². The fourth-order valence-electron chi connectivity index (χ4n) is 1.60. The maximum Gasteiger partial charge on any atom is 0.0705 e. The van der Waals surface area contributed by atoms with Crippen LogP contribution in [-0.2, 0) is 6.42 Å². The smallest absolute Gasteiger partial charge is 0.0705 e. The lowest BCUT2D eigenvalue weighted by molar-refractivity contribution is 0.171. The van der Waals surface area contributed by atoms with E-state index in [9.17, 15) is 5.11 Å². The SMILES string of the molecule is OC(CNC1CC1)Cc1ccc(Cl)cc1Cl. The van der Waals surface area contributed by atoms with Crippen molar-refractivity contribution in [2.75, 3.05) is 6.54 Å². The first-order valence-electron chi connectivity index (χ1n) is 5.50. The summed E-state index contributed by atoms with van der Waals surface area (Å²) in [7, 11) is 0. The van der Waals surface area contributed by atoms with Crippen LogP contribution in [0.15, 0.2) is 18.2 Å². The number of hydrogen-bond acceptors (Lipinski definition) is 2. The molecule has 4 heteroatoms. The maximum absolute atomic E-state index is 9.82. The molecule has 1 aliphatic rings. The number of aliphatic hydroxyl groups is 1. The van der Waals surface area contributed by atoms with Crippen LogP contribution in [0.4, 0.5) is 0 Å². The zero-order valence-corrected chi connectivity index (χ0v) is 10.4. The Morgan fingerprint density at radius 3 is 2.75 bits per heavy atom. The van der Waals surface area contributed by atoms with Crippen molar-refractivity contribution in [3.05, 3.63) is 33.8 Å². The van der Waals surface area contributed by atoms with Gasteiger partial charge in [0.05, 0.1) is 6.10 Å². The predicted molar refractivity (Wildman–Crippen MR) is 67.2 cm³/mol. The monoisotopic (exact) mass is 259 g/mol. The van der Waals surface area contributed by atoms with E-state index in [1.165, 1.54) is 12.8 Å². The summed E-state index contributed by atoms with van der Waals surface area (Å²) in [5.41, 5.74) is 0.941. The van der Waals surface area contributed by atoms with Crippen molar-refractivity contribution in [3.8, 4) is 0 Å². The summed E-state index contributed by atoms with van der Waals surface area (Å²) >= 11 is 11.8. The third-order valence-corrected chi connectivity index (χ3v) is 3.28. The minimum atomic E-state index is -0.390. The molecule has 2 N–H and O–H groups in total. The second-order valence-corrected chi connectivity index (χ2v) is 5.12. The molecule has 2 rings (SSSR count). The topological polar surface area (TPSA) is 32.3 Å². The van der Waals surface area contributed by atoms with Gasteiger partial charge in [0.2, 0.25) is 0 Å². The first-order valence-corrected chi connectivity index (χ1v) is 6.26. The van der Waals surface area contributed by atoms with E-state index in [0.717, 1.165) is 5.56 Å². The predicted octanol–water partition coefficient (Wildman–Crippen LogP) is 2.65. The van der Waals surface area contributed by atoms with Crippen LogP contribution in [0.25, 0.3) is 0 Å². The van der Waals surface area contributed by atoms with Crippen LogP contribution in [0.5, 0.6) is 0 Å². The van der Waals surface area contributed by atoms with Crippen molar-refractivity contribution >= 4 is 23.2 Å². The van der Waals surface area contributed by atoms with E-state index in [4.69, 9.17) is 23.2 Å². The summed E-state index contributed by atoms with van der Waals surface area (Å²) in [6.07, 6.45) is 2.64. The maximum atomic E-state index is 9.82. The normalized spacial score (nSPS) is 17.4. The van der Waals surface area contributed by atoms with Crippen molar-refractivity contribution < 1.29 is 5.11 Å². The average Bonchev–Trinajstić information content (AvgIpc) is 3.03. The molecule has 0 heterocycles. The number of halogens is 2. The van der Waals surface area contributed by atoms with Crippen molar-refractivity contribution in [2.24, 2.45) is 0 Å². The molecule has 16 heavy (non-hydrogen) atoms. The van der Waals surface area contributed by atoms with Gasteiger partial charge < -0.3 is 10.4 Å². The molecule has 1 aliphatic carbocycles. The van der Waals surface area contributed by atoms with E-state index in [0.29, 0.717) is 29.1 Å². The molecule has 1 aromatic carbocycles. The number of hydrogen-bond donors (Lipinski definition) is 2. The van der Waals surface area contributed by atoms with Crippen molar-refractivity contribution in [3.63, 3.8) is 0 Å². The molecule has 1 atom stereocenters. The molecule has 0 spiro atoms. The van der Waals surface area contributed by atoms with Gasteiger partial charge in [-0.15, -0.1) is 0 Å².